The first-order valence-electron chi connectivity index (χ1n) is 10.2. The Balaban J connectivity index is 1.40. The quantitative estimate of drug-likeness (QED) is 0.550. The van der Waals surface area contributed by atoms with Crippen LogP contribution in [-0.4, -0.2) is 59.9 Å². The van der Waals surface area contributed by atoms with E-state index in [2.05, 4.69) is 4.98 Å². The number of thioether (sulfide) groups is 1. The van der Waals surface area contributed by atoms with Crippen LogP contribution in [0, 0.1) is 6.92 Å². The second-order valence-corrected chi connectivity index (χ2v) is 10.9. The van der Waals surface area contributed by atoms with Crippen molar-refractivity contribution in [3.05, 3.63) is 66.2 Å². The van der Waals surface area contributed by atoms with Gasteiger partial charge in [-0.2, -0.15) is 4.31 Å². The Kier molecular flexibility index (Phi) is 6.31. The molecule has 162 valence electrons. The highest BCUT2D eigenvalue weighted by atomic mass is 32.2. The van der Waals surface area contributed by atoms with Gasteiger partial charge in [-0.05, 0) is 43.7 Å². The van der Waals surface area contributed by atoms with E-state index in [-0.39, 0.29) is 16.1 Å². The summed E-state index contributed by atoms with van der Waals surface area (Å²) in [6.07, 6.45) is 0. The molecule has 1 saturated heterocycles. The maximum atomic E-state index is 13.0. The first kappa shape index (κ1) is 21.8. The molecule has 8 heteroatoms. The van der Waals surface area contributed by atoms with Gasteiger partial charge in [0.1, 0.15) is 0 Å². The molecular weight excluding hydrogens is 430 g/mol. The summed E-state index contributed by atoms with van der Waals surface area (Å²) in [4.78, 5) is 19.7. The van der Waals surface area contributed by atoms with Gasteiger partial charge in [0.05, 0.1) is 20.7 Å². The Morgan fingerprint density at radius 1 is 1.00 bits per heavy atom. The van der Waals surface area contributed by atoms with Gasteiger partial charge in [-0.1, -0.05) is 48.2 Å². The molecule has 31 heavy (non-hydrogen) atoms. The first-order chi connectivity index (χ1) is 14.9. The van der Waals surface area contributed by atoms with Crippen molar-refractivity contribution >= 4 is 38.6 Å². The van der Waals surface area contributed by atoms with Crippen molar-refractivity contribution in [3.8, 4) is 0 Å². The van der Waals surface area contributed by atoms with Crippen LogP contribution in [0.5, 0.6) is 0 Å². The lowest BCUT2D eigenvalue weighted by atomic mass is 10.1. The molecule has 1 aliphatic heterocycles. The highest BCUT2D eigenvalue weighted by Crippen LogP contribution is 2.28. The molecule has 0 radical (unpaired) electrons. The van der Waals surface area contributed by atoms with Gasteiger partial charge < -0.3 is 4.90 Å². The van der Waals surface area contributed by atoms with Crippen molar-refractivity contribution in [2.24, 2.45) is 0 Å². The highest BCUT2D eigenvalue weighted by molar-refractivity contribution is 8.00. The third-order valence-electron chi connectivity index (χ3n) is 5.48. The molecular formula is C23H25N3O3S2. The topological polar surface area (TPSA) is 70.6 Å². The number of para-hydroxylation sites is 1. The first-order valence-corrected chi connectivity index (χ1v) is 12.6. The molecule has 3 aromatic rings. The van der Waals surface area contributed by atoms with Crippen molar-refractivity contribution in [1.29, 1.82) is 0 Å². The molecule has 1 unspecified atom stereocenters. The van der Waals surface area contributed by atoms with Gasteiger partial charge in [-0.3, -0.25) is 4.79 Å². The minimum Gasteiger partial charge on any atom is -0.339 e. The van der Waals surface area contributed by atoms with Crippen LogP contribution in [0.3, 0.4) is 0 Å². The summed E-state index contributed by atoms with van der Waals surface area (Å²) in [6.45, 7) is 5.31. The van der Waals surface area contributed by atoms with Crippen LogP contribution in [0.1, 0.15) is 12.5 Å². The van der Waals surface area contributed by atoms with Crippen molar-refractivity contribution < 1.29 is 13.2 Å². The van der Waals surface area contributed by atoms with Gasteiger partial charge in [0.2, 0.25) is 15.9 Å². The van der Waals surface area contributed by atoms with E-state index < -0.39 is 10.0 Å². The molecule has 0 N–H and O–H groups in total. The zero-order chi connectivity index (χ0) is 22.0. The lowest BCUT2D eigenvalue weighted by Gasteiger charge is -2.35. The predicted molar refractivity (Wildman–Crippen MR) is 124 cm³/mol. The van der Waals surface area contributed by atoms with E-state index in [1.54, 1.807) is 35.2 Å². The molecule has 2 aromatic carbocycles. The molecule has 0 aliphatic carbocycles. The molecule has 1 atom stereocenters. The summed E-state index contributed by atoms with van der Waals surface area (Å²) in [5.41, 5.74) is 2.05. The zero-order valence-corrected chi connectivity index (χ0v) is 19.2. The number of carbonyl (C=O) groups excluding carboxylic acids is 1. The van der Waals surface area contributed by atoms with E-state index >= 15 is 0 Å². The SMILES string of the molecule is Cc1cc(SC(C)C(=O)N2CCN(S(=O)(=O)c3ccccc3)CC2)nc2ccccc12. The maximum Gasteiger partial charge on any atom is 0.243 e. The number of aryl methyl sites for hydroxylation is 1. The van der Waals surface area contributed by atoms with E-state index in [1.165, 1.54) is 16.1 Å². The molecule has 1 aromatic heterocycles. The molecule has 4 rings (SSSR count). The molecule has 6 nitrogen and oxygen atoms in total. The number of aromatic nitrogens is 1. The number of hydrogen-bond donors (Lipinski definition) is 0. The Labute approximate surface area is 187 Å². The summed E-state index contributed by atoms with van der Waals surface area (Å²) >= 11 is 1.44. The van der Waals surface area contributed by atoms with Crippen molar-refractivity contribution in [1.82, 2.24) is 14.2 Å². The van der Waals surface area contributed by atoms with Gasteiger partial charge in [0.25, 0.3) is 0 Å². The fourth-order valence-corrected chi connectivity index (χ4v) is 6.21. The lowest BCUT2D eigenvalue weighted by Crippen LogP contribution is -2.52. The summed E-state index contributed by atoms with van der Waals surface area (Å²) in [7, 11) is -3.53. The Morgan fingerprint density at radius 3 is 2.35 bits per heavy atom. The number of rotatable bonds is 5. The van der Waals surface area contributed by atoms with Gasteiger partial charge in [-0.15, -0.1) is 0 Å². The van der Waals surface area contributed by atoms with Crippen molar-refractivity contribution in [2.45, 2.75) is 29.0 Å². The van der Waals surface area contributed by atoms with E-state index in [0.717, 1.165) is 21.5 Å². The largest absolute Gasteiger partial charge is 0.339 e. The molecule has 2 heterocycles. The van der Waals surface area contributed by atoms with E-state index in [0.29, 0.717) is 26.2 Å². The lowest BCUT2D eigenvalue weighted by molar-refractivity contribution is -0.131. The number of hydrogen-bond acceptors (Lipinski definition) is 5. The zero-order valence-electron chi connectivity index (χ0n) is 17.6. The van der Waals surface area contributed by atoms with Crippen molar-refractivity contribution in [3.63, 3.8) is 0 Å². The summed E-state index contributed by atoms with van der Waals surface area (Å²) in [5, 5.41) is 1.63. The monoisotopic (exact) mass is 455 g/mol. The minimum absolute atomic E-state index is 0.00868. The number of sulfonamides is 1. The number of fused-ring (bicyclic) bond motifs is 1. The minimum atomic E-state index is -3.53. The number of benzene rings is 2. The number of carbonyl (C=O) groups is 1. The number of pyridine rings is 1. The van der Waals surface area contributed by atoms with Gasteiger partial charge in [0, 0.05) is 31.6 Å². The number of amides is 1. The van der Waals surface area contributed by atoms with Gasteiger partial charge in [0.15, 0.2) is 0 Å². The second-order valence-electron chi connectivity index (χ2n) is 7.60. The Hall–Kier alpha value is -2.42. The normalized spacial score (nSPS) is 16.4. The fraction of sp³-hybridized carbons (Fsp3) is 0.304. The Morgan fingerprint density at radius 2 is 1.65 bits per heavy atom. The molecule has 0 saturated carbocycles. The van der Waals surface area contributed by atoms with Gasteiger partial charge in [-0.25, -0.2) is 13.4 Å². The molecule has 0 spiro atoms. The summed E-state index contributed by atoms with van der Waals surface area (Å²) in [5.74, 6) is 0.00868. The molecule has 1 fully saturated rings. The average Bonchev–Trinajstić information content (AvgIpc) is 2.79. The third-order valence-corrected chi connectivity index (χ3v) is 8.39. The Bertz CT molecular complexity index is 1190. The van der Waals surface area contributed by atoms with Crippen LogP contribution in [0.25, 0.3) is 10.9 Å². The molecule has 0 bridgehead atoms. The summed E-state index contributed by atoms with van der Waals surface area (Å²) < 4.78 is 27.0. The van der Waals surface area contributed by atoms with E-state index in [1.807, 2.05) is 44.2 Å². The average molecular weight is 456 g/mol. The van der Waals surface area contributed by atoms with Gasteiger partial charge >= 0.3 is 0 Å². The van der Waals surface area contributed by atoms with Crippen LogP contribution in [0.15, 0.2) is 70.6 Å². The molecule has 1 aliphatic rings. The summed E-state index contributed by atoms with van der Waals surface area (Å²) in [6, 6.07) is 18.4. The number of nitrogens with zero attached hydrogens (tertiary/aromatic N) is 3. The molecule has 1 amide bonds. The number of piperazine rings is 1. The van der Waals surface area contributed by atoms with E-state index in [4.69, 9.17) is 0 Å². The standard InChI is InChI=1S/C23H25N3O3S2/c1-17-16-22(24-21-11-7-6-10-20(17)21)30-18(2)23(27)25-12-14-26(15-13-25)31(28,29)19-8-4-3-5-9-19/h3-11,16,18H,12-15H2,1-2H3. The van der Waals surface area contributed by atoms with E-state index in [9.17, 15) is 13.2 Å². The van der Waals surface area contributed by atoms with Crippen LogP contribution >= 0.6 is 11.8 Å². The smallest absolute Gasteiger partial charge is 0.243 e. The van der Waals surface area contributed by atoms with Crippen molar-refractivity contribution in [2.75, 3.05) is 26.2 Å². The van der Waals surface area contributed by atoms with Crippen LogP contribution in [0.4, 0.5) is 0 Å². The second kappa shape index (κ2) is 8.98. The van der Waals surface area contributed by atoms with Crippen LogP contribution < -0.4 is 0 Å². The predicted octanol–water partition coefficient (Wildman–Crippen LogP) is 3.56. The maximum absolute atomic E-state index is 13.0. The highest BCUT2D eigenvalue weighted by Gasteiger charge is 2.31. The van der Waals surface area contributed by atoms with Crippen LogP contribution in [-0.2, 0) is 14.8 Å². The van der Waals surface area contributed by atoms with Crippen LogP contribution in [0.2, 0.25) is 0 Å². The third kappa shape index (κ3) is 4.61. The fourth-order valence-electron chi connectivity index (χ4n) is 3.76.